The Morgan fingerprint density at radius 2 is 2.07 bits per heavy atom. The number of aryl methyl sites for hydroxylation is 1. The molecule has 0 bridgehead atoms. The predicted molar refractivity (Wildman–Crippen MR) is 116 cm³/mol. The monoisotopic (exact) mass is 402 g/mol. The van der Waals surface area contributed by atoms with Gasteiger partial charge in [0.05, 0.1) is 33.8 Å². The first-order valence-electron chi connectivity index (χ1n) is 10.0. The summed E-state index contributed by atoms with van der Waals surface area (Å²) in [5, 5.41) is 7.33. The maximum Gasteiger partial charge on any atom is 0.255 e. The van der Waals surface area contributed by atoms with Crippen LogP contribution in [0.5, 0.6) is 0 Å². The molecular weight excluding hydrogens is 380 g/mol. The van der Waals surface area contributed by atoms with Crippen LogP contribution in [0.2, 0.25) is 0 Å². The van der Waals surface area contributed by atoms with Gasteiger partial charge in [0.1, 0.15) is 0 Å². The summed E-state index contributed by atoms with van der Waals surface area (Å²) in [5.74, 6) is 0.0669. The minimum absolute atomic E-state index is 0.0669. The molecule has 0 N–H and O–H groups in total. The zero-order valence-corrected chi connectivity index (χ0v) is 17.1. The van der Waals surface area contributed by atoms with E-state index >= 15 is 0 Å². The van der Waals surface area contributed by atoms with E-state index in [9.17, 15) is 4.79 Å². The first kappa shape index (κ1) is 18.1. The fourth-order valence-corrected chi connectivity index (χ4v) is 4.88. The van der Waals surface area contributed by atoms with Crippen LogP contribution in [0.3, 0.4) is 0 Å². The van der Waals surface area contributed by atoms with Gasteiger partial charge in [-0.15, -0.1) is 11.3 Å². The average molecular weight is 403 g/mol. The molecule has 1 saturated heterocycles. The number of rotatable bonds is 4. The molecule has 1 aliphatic rings. The zero-order chi connectivity index (χ0) is 19.8. The Bertz CT molecular complexity index is 1150. The average Bonchev–Trinajstić information content (AvgIpc) is 3.53. The van der Waals surface area contributed by atoms with E-state index in [-0.39, 0.29) is 11.9 Å². The van der Waals surface area contributed by atoms with Crippen molar-refractivity contribution in [2.45, 2.75) is 32.4 Å². The molecule has 4 aromatic rings. The minimum atomic E-state index is 0.0669. The first-order valence-corrected chi connectivity index (χ1v) is 10.9. The van der Waals surface area contributed by atoms with Crippen molar-refractivity contribution in [1.82, 2.24) is 19.7 Å². The molecule has 0 spiro atoms. The molecule has 1 unspecified atom stereocenters. The van der Waals surface area contributed by atoms with E-state index in [0.717, 1.165) is 41.0 Å². The summed E-state index contributed by atoms with van der Waals surface area (Å²) in [6.07, 6.45) is 3.80. The van der Waals surface area contributed by atoms with Crippen LogP contribution in [0.25, 0.3) is 21.6 Å². The van der Waals surface area contributed by atoms with E-state index in [4.69, 9.17) is 4.98 Å². The Balaban J connectivity index is 1.62. The number of nitrogens with zero attached hydrogens (tertiary/aromatic N) is 4. The van der Waals surface area contributed by atoms with Gasteiger partial charge in [-0.05, 0) is 42.8 Å². The van der Waals surface area contributed by atoms with Gasteiger partial charge in [-0.3, -0.25) is 4.79 Å². The number of pyridine rings is 1. The third-order valence-electron chi connectivity index (χ3n) is 5.61. The van der Waals surface area contributed by atoms with Crippen LogP contribution < -0.4 is 0 Å². The molecule has 0 saturated carbocycles. The van der Waals surface area contributed by atoms with Gasteiger partial charge >= 0.3 is 0 Å². The lowest BCUT2D eigenvalue weighted by Gasteiger charge is -2.25. The van der Waals surface area contributed by atoms with Crippen molar-refractivity contribution >= 4 is 28.3 Å². The van der Waals surface area contributed by atoms with Crippen LogP contribution in [0.15, 0.2) is 60.1 Å². The summed E-state index contributed by atoms with van der Waals surface area (Å²) in [4.78, 5) is 21.6. The Morgan fingerprint density at radius 3 is 2.83 bits per heavy atom. The largest absolute Gasteiger partial charge is 0.332 e. The molecule has 1 aliphatic heterocycles. The van der Waals surface area contributed by atoms with Crippen LogP contribution in [0, 0.1) is 0 Å². The molecule has 1 amide bonds. The minimum Gasteiger partial charge on any atom is -0.332 e. The second kappa shape index (κ2) is 7.44. The molecule has 0 radical (unpaired) electrons. The van der Waals surface area contributed by atoms with Gasteiger partial charge < -0.3 is 4.90 Å². The molecule has 5 rings (SSSR count). The van der Waals surface area contributed by atoms with E-state index in [1.807, 2.05) is 58.3 Å². The van der Waals surface area contributed by atoms with E-state index in [2.05, 4.69) is 17.2 Å². The van der Waals surface area contributed by atoms with Gasteiger partial charge in [-0.25, -0.2) is 9.67 Å². The van der Waals surface area contributed by atoms with Crippen LogP contribution in [-0.4, -0.2) is 32.1 Å². The van der Waals surface area contributed by atoms with Crippen molar-refractivity contribution in [3.8, 4) is 10.6 Å². The van der Waals surface area contributed by atoms with E-state index in [1.165, 1.54) is 5.56 Å². The molecule has 1 fully saturated rings. The lowest BCUT2D eigenvalue weighted by atomic mass is 10.0. The van der Waals surface area contributed by atoms with Gasteiger partial charge in [0.2, 0.25) is 0 Å². The van der Waals surface area contributed by atoms with E-state index in [1.54, 1.807) is 17.5 Å². The number of hydrogen-bond donors (Lipinski definition) is 0. The third-order valence-corrected chi connectivity index (χ3v) is 6.50. The van der Waals surface area contributed by atoms with E-state index < -0.39 is 0 Å². The van der Waals surface area contributed by atoms with Gasteiger partial charge in [0.25, 0.3) is 5.91 Å². The lowest BCUT2D eigenvalue weighted by molar-refractivity contribution is 0.0737. The summed E-state index contributed by atoms with van der Waals surface area (Å²) in [7, 11) is 0. The number of likely N-dealkylation sites (tertiary alicyclic amines) is 1. The second-order valence-corrected chi connectivity index (χ2v) is 8.24. The molecule has 0 aliphatic carbocycles. The Kier molecular flexibility index (Phi) is 4.64. The summed E-state index contributed by atoms with van der Waals surface area (Å²) < 4.78 is 1.86. The molecular formula is C23H22N4OS. The molecule has 3 aromatic heterocycles. The van der Waals surface area contributed by atoms with E-state index in [0.29, 0.717) is 12.1 Å². The number of benzene rings is 1. The highest BCUT2D eigenvalue weighted by atomic mass is 32.1. The van der Waals surface area contributed by atoms with Crippen LogP contribution in [0.4, 0.5) is 0 Å². The molecule has 5 nitrogen and oxygen atoms in total. The van der Waals surface area contributed by atoms with Crippen LogP contribution >= 0.6 is 11.3 Å². The first-order chi connectivity index (χ1) is 14.3. The number of aromatic nitrogens is 3. The summed E-state index contributed by atoms with van der Waals surface area (Å²) in [5.41, 5.74) is 3.51. The summed E-state index contributed by atoms with van der Waals surface area (Å²) in [6, 6.07) is 16.5. The molecule has 6 heteroatoms. The maximum atomic E-state index is 13.7. The predicted octanol–water partition coefficient (Wildman–Crippen LogP) is 5.16. The number of thiophene rings is 1. The Morgan fingerprint density at radius 1 is 1.21 bits per heavy atom. The van der Waals surface area contributed by atoms with Gasteiger partial charge in [-0.1, -0.05) is 36.4 Å². The van der Waals surface area contributed by atoms with Crippen molar-refractivity contribution in [3.05, 3.63) is 71.2 Å². The van der Waals surface area contributed by atoms with Crippen molar-refractivity contribution in [1.29, 1.82) is 0 Å². The smallest absolute Gasteiger partial charge is 0.255 e. The molecule has 146 valence electrons. The summed E-state index contributed by atoms with van der Waals surface area (Å²) in [6.45, 7) is 3.53. The quantitative estimate of drug-likeness (QED) is 0.474. The molecule has 4 heterocycles. The Labute approximate surface area is 173 Å². The second-order valence-electron chi connectivity index (χ2n) is 7.30. The van der Waals surface area contributed by atoms with Gasteiger partial charge in [0.15, 0.2) is 5.65 Å². The van der Waals surface area contributed by atoms with Crippen LogP contribution in [-0.2, 0) is 6.54 Å². The Hall–Kier alpha value is -2.99. The highest BCUT2D eigenvalue weighted by Gasteiger charge is 2.32. The van der Waals surface area contributed by atoms with Crippen molar-refractivity contribution in [3.63, 3.8) is 0 Å². The fourth-order valence-electron chi connectivity index (χ4n) is 4.19. The molecule has 1 atom stereocenters. The zero-order valence-electron chi connectivity index (χ0n) is 16.3. The molecule has 1 aromatic carbocycles. The van der Waals surface area contributed by atoms with Crippen LogP contribution in [0.1, 0.15) is 41.7 Å². The molecule has 29 heavy (non-hydrogen) atoms. The van der Waals surface area contributed by atoms with Crippen molar-refractivity contribution in [2.75, 3.05) is 6.54 Å². The number of amides is 1. The SMILES string of the molecule is CCn1ncc2c(C(=O)N3CCCC3c3ccccc3)cc(-c3cccs3)nc21. The topological polar surface area (TPSA) is 51.0 Å². The standard InChI is InChI=1S/C23H22N4OS/c1-2-27-22-18(15-24-27)17(14-19(25-22)21-11-7-13-29-21)23(28)26-12-6-10-20(26)16-8-4-3-5-9-16/h3-5,7-9,11,13-15,20H,2,6,10,12H2,1H3. The number of carbonyl (C=O) groups is 1. The number of carbonyl (C=O) groups excluding carboxylic acids is 1. The van der Waals surface area contributed by atoms with Gasteiger partial charge in [0, 0.05) is 13.1 Å². The summed E-state index contributed by atoms with van der Waals surface area (Å²) >= 11 is 1.63. The highest BCUT2D eigenvalue weighted by molar-refractivity contribution is 7.13. The van der Waals surface area contributed by atoms with Crippen molar-refractivity contribution < 1.29 is 4.79 Å². The lowest BCUT2D eigenvalue weighted by Crippen LogP contribution is -2.30. The van der Waals surface area contributed by atoms with Crippen molar-refractivity contribution in [2.24, 2.45) is 0 Å². The highest BCUT2D eigenvalue weighted by Crippen LogP contribution is 2.35. The van der Waals surface area contributed by atoms with Gasteiger partial charge in [-0.2, -0.15) is 5.10 Å². The number of hydrogen-bond acceptors (Lipinski definition) is 4. The fraction of sp³-hybridized carbons (Fsp3) is 0.261. The number of fused-ring (bicyclic) bond motifs is 1. The maximum absolute atomic E-state index is 13.7. The third kappa shape index (κ3) is 3.13. The normalized spacial score (nSPS) is 16.6.